The van der Waals surface area contributed by atoms with Gasteiger partial charge in [-0.3, -0.25) is 9.36 Å². The van der Waals surface area contributed by atoms with Crippen molar-refractivity contribution in [3.8, 4) is 28.8 Å². The van der Waals surface area contributed by atoms with Gasteiger partial charge in [-0.15, -0.1) is 0 Å². The third-order valence-corrected chi connectivity index (χ3v) is 5.42. The molecule has 0 aliphatic heterocycles. The van der Waals surface area contributed by atoms with Crippen LogP contribution in [0.2, 0.25) is 0 Å². The lowest BCUT2D eigenvalue weighted by Gasteiger charge is -2.16. The molecule has 0 bridgehead atoms. The van der Waals surface area contributed by atoms with Crippen molar-refractivity contribution in [2.75, 3.05) is 14.2 Å². The number of hydrogen-bond acceptors (Lipinski definition) is 8. The first kappa shape index (κ1) is 23.9. The molecule has 3 aromatic heterocycles. The fourth-order valence-corrected chi connectivity index (χ4v) is 3.38. The lowest BCUT2D eigenvalue weighted by atomic mass is 9.96. The van der Waals surface area contributed by atoms with Crippen LogP contribution in [0.25, 0.3) is 17.3 Å². The van der Waals surface area contributed by atoms with Gasteiger partial charge in [0.2, 0.25) is 0 Å². The number of amides is 1. The van der Waals surface area contributed by atoms with Crippen LogP contribution in [-0.4, -0.2) is 44.8 Å². The van der Waals surface area contributed by atoms with Crippen LogP contribution < -0.4 is 14.8 Å². The van der Waals surface area contributed by atoms with Gasteiger partial charge >= 0.3 is 0 Å². The van der Waals surface area contributed by atoms with Crippen molar-refractivity contribution < 1.29 is 18.8 Å². The predicted molar refractivity (Wildman–Crippen MR) is 129 cm³/mol. The van der Waals surface area contributed by atoms with E-state index in [9.17, 15) is 4.79 Å². The summed E-state index contributed by atoms with van der Waals surface area (Å²) in [5, 5.41) is 7.03. The molecular weight excluding hydrogens is 448 g/mol. The molecule has 10 heteroatoms. The van der Waals surface area contributed by atoms with Crippen LogP contribution in [-0.2, 0) is 5.41 Å². The molecule has 4 rings (SSSR count). The Morgan fingerprint density at radius 1 is 1.09 bits per heavy atom. The van der Waals surface area contributed by atoms with E-state index in [-0.39, 0.29) is 23.1 Å². The highest BCUT2D eigenvalue weighted by Crippen LogP contribution is 2.30. The van der Waals surface area contributed by atoms with E-state index in [0.29, 0.717) is 29.0 Å². The molecule has 0 aliphatic rings. The van der Waals surface area contributed by atoms with Gasteiger partial charge in [-0.25, -0.2) is 9.97 Å². The highest BCUT2D eigenvalue weighted by molar-refractivity contribution is 5.92. The summed E-state index contributed by atoms with van der Waals surface area (Å²) in [4.78, 5) is 26.0. The number of nitrogens with zero attached hydrogens (tertiary/aromatic N) is 5. The van der Waals surface area contributed by atoms with E-state index in [4.69, 9.17) is 14.0 Å². The summed E-state index contributed by atoms with van der Waals surface area (Å²) < 4.78 is 17.7. The first-order valence-corrected chi connectivity index (χ1v) is 11.1. The molecule has 1 atom stereocenters. The van der Waals surface area contributed by atoms with E-state index in [1.54, 1.807) is 49.4 Å². The molecular formula is C25H28N6O4. The standard InChI is InChI=1S/C25H28N6O4/c1-15(16-7-8-19(33-5)20(11-16)34-6)28-22(32)18-13-31(14-27-18)21-12-17(9-10-26-21)23-29-24(30-35-23)25(2,3)4/h7-15H,1-6H3,(H,28,32). The Balaban J connectivity index is 1.50. The number of rotatable bonds is 7. The molecule has 35 heavy (non-hydrogen) atoms. The molecule has 0 aliphatic carbocycles. The van der Waals surface area contributed by atoms with Crippen LogP contribution >= 0.6 is 0 Å². The van der Waals surface area contributed by atoms with E-state index in [1.165, 1.54) is 6.33 Å². The summed E-state index contributed by atoms with van der Waals surface area (Å²) >= 11 is 0. The largest absolute Gasteiger partial charge is 0.493 e. The third-order valence-electron chi connectivity index (χ3n) is 5.42. The third kappa shape index (κ3) is 5.16. The zero-order valence-electron chi connectivity index (χ0n) is 20.6. The zero-order valence-corrected chi connectivity index (χ0v) is 20.6. The number of benzene rings is 1. The predicted octanol–water partition coefficient (Wildman–Crippen LogP) is 4.12. The van der Waals surface area contributed by atoms with Crippen LogP contribution in [0.3, 0.4) is 0 Å². The molecule has 0 saturated heterocycles. The topological polar surface area (TPSA) is 117 Å². The fourth-order valence-electron chi connectivity index (χ4n) is 3.38. The number of aromatic nitrogens is 5. The van der Waals surface area contributed by atoms with E-state index in [2.05, 4.69) is 25.4 Å². The Hall–Kier alpha value is -4.21. The van der Waals surface area contributed by atoms with E-state index in [0.717, 1.165) is 11.1 Å². The minimum Gasteiger partial charge on any atom is -0.493 e. The monoisotopic (exact) mass is 476 g/mol. The van der Waals surface area contributed by atoms with Crippen LogP contribution in [0.15, 0.2) is 53.6 Å². The number of hydrogen-bond donors (Lipinski definition) is 1. The normalized spacial score (nSPS) is 12.3. The highest BCUT2D eigenvalue weighted by atomic mass is 16.5. The molecule has 0 saturated carbocycles. The highest BCUT2D eigenvalue weighted by Gasteiger charge is 2.22. The molecule has 182 valence electrons. The molecule has 10 nitrogen and oxygen atoms in total. The minimum atomic E-state index is -0.311. The maximum Gasteiger partial charge on any atom is 0.271 e. The number of ether oxygens (including phenoxy) is 2. The Morgan fingerprint density at radius 2 is 1.86 bits per heavy atom. The maximum atomic E-state index is 12.8. The summed E-state index contributed by atoms with van der Waals surface area (Å²) in [6.45, 7) is 7.94. The van der Waals surface area contributed by atoms with Gasteiger partial charge in [-0.2, -0.15) is 4.98 Å². The number of carbonyl (C=O) groups is 1. The average molecular weight is 477 g/mol. The first-order chi connectivity index (χ1) is 16.7. The van der Waals surface area contributed by atoms with Crippen LogP contribution in [0, 0.1) is 0 Å². The van der Waals surface area contributed by atoms with Crippen molar-refractivity contribution in [3.05, 3.63) is 66.1 Å². The van der Waals surface area contributed by atoms with Gasteiger partial charge in [0.15, 0.2) is 17.3 Å². The second-order valence-electron chi connectivity index (χ2n) is 9.05. The zero-order chi connectivity index (χ0) is 25.2. The molecule has 0 spiro atoms. The smallest absolute Gasteiger partial charge is 0.271 e. The molecule has 1 N–H and O–H groups in total. The Bertz CT molecular complexity index is 1340. The quantitative estimate of drug-likeness (QED) is 0.423. The Labute approximate surface area is 203 Å². The second-order valence-corrected chi connectivity index (χ2v) is 9.05. The summed E-state index contributed by atoms with van der Waals surface area (Å²) in [7, 11) is 3.15. The van der Waals surface area contributed by atoms with Gasteiger partial charge in [-0.1, -0.05) is 32.0 Å². The molecule has 1 aromatic carbocycles. The minimum absolute atomic E-state index is 0.224. The second kappa shape index (κ2) is 9.57. The molecule has 0 fully saturated rings. The summed E-state index contributed by atoms with van der Waals surface area (Å²) in [5.41, 5.74) is 1.63. The van der Waals surface area contributed by atoms with Crippen LogP contribution in [0.1, 0.15) is 55.6 Å². The van der Waals surface area contributed by atoms with Gasteiger partial charge in [0.25, 0.3) is 11.8 Å². The number of carbonyl (C=O) groups excluding carboxylic acids is 1. The number of methoxy groups -OCH3 is 2. The van der Waals surface area contributed by atoms with Crippen molar-refractivity contribution in [2.24, 2.45) is 0 Å². The Kier molecular flexibility index (Phi) is 6.54. The van der Waals surface area contributed by atoms with Crippen molar-refractivity contribution >= 4 is 5.91 Å². The molecule has 3 heterocycles. The molecule has 1 amide bonds. The van der Waals surface area contributed by atoms with Gasteiger partial charge in [0, 0.05) is 23.4 Å². The van der Waals surface area contributed by atoms with Gasteiger partial charge < -0.3 is 19.3 Å². The summed E-state index contributed by atoms with van der Waals surface area (Å²) in [6.07, 6.45) is 4.80. The average Bonchev–Trinajstić information content (AvgIpc) is 3.54. The van der Waals surface area contributed by atoms with Crippen LogP contribution in [0.5, 0.6) is 11.5 Å². The van der Waals surface area contributed by atoms with Crippen molar-refractivity contribution in [3.63, 3.8) is 0 Å². The van der Waals surface area contributed by atoms with E-state index in [1.807, 2.05) is 39.8 Å². The lowest BCUT2D eigenvalue weighted by molar-refractivity contribution is 0.0935. The first-order valence-electron chi connectivity index (χ1n) is 11.1. The van der Waals surface area contributed by atoms with Gasteiger partial charge in [0.1, 0.15) is 17.8 Å². The summed E-state index contributed by atoms with van der Waals surface area (Å²) in [5.74, 6) is 2.50. The molecule has 0 radical (unpaired) electrons. The van der Waals surface area contributed by atoms with Crippen molar-refractivity contribution in [1.82, 2.24) is 30.0 Å². The van der Waals surface area contributed by atoms with Gasteiger partial charge in [0.05, 0.1) is 20.3 Å². The number of imidazole rings is 1. The molecule has 4 aromatic rings. The Morgan fingerprint density at radius 3 is 2.54 bits per heavy atom. The summed E-state index contributed by atoms with van der Waals surface area (Å²) in [6, 6.07) is 8.83. The van der Waals surface area contributed by atoms with Gasteiger partial charge in [-0.05, 0) is 36.8 Å². The van der Waals surface area contributed by atoms with Crippen LogP contribution in [0.4, 0.5) is 0 Å². The number of nitrogens with one attached hydrogen (secondary N) is 1. The number of pyridine rings is 1. The SMILES string of the molecule is COc1ccc(C(C)NC(=O)c2cn(-c3cc(-c4nc(C(C)(C)C)no4)ccn3)cn2)cc1OC. The fraction of sp³-hybridized carbons (Fsp3) is 0.320. The van der Waals surface area contributed by atoms with E-state index >= 15 is 0 Å². The maximum absolute atomic E-state index is 12.8. The molecule has 1 unspecified atom stereocenters. The lowest BCUT2D eigenvalue weighted by Crippen LogP contribution is -2.27. The van der Waals surface area contributed by atoms with Crippen molar-refractivity contribution in [1.29, 1.82) is 0 Å². The van der Waals surface area contributed by atoms with Crippen molar-refractivity contribution in [2.45, 2.75) is 39.2 Å². The van der Waals surface area contributed by atoms with E-state index < -0.39 is 0 Å².